The Morgan fingerprint density at radius 2 is 1.79 bits per heavy atom. The molecule has 0 saturated heterocycles. The maximum Gasteiger partial charge on any atom is 0.349 e. The number of hydrogen-bond donors (Lipinski definition) is 1. The molecule has 0 saturated carbocycles. The minimum absolute atomic E-state index is 0.0749. The van der Waals surface area contributed by atoms with Crippen molar-refractivity contribution in [2.45, 2.75) is 13.8 Å². The van der Waals surface area contributed by atoms with Gasteiger partial charge in [0.2, 0.25) is 0 Å². The maximum absolute atomic E-state index is 12.2. The molecule has 1 heterocycles. The Kier molecular flexibility index (Phi) is 4.24. The first-order chi connectivity index (χ1) is 11.5. The molecule has 0 fully saturated rings. The molecule has 0 aliphatic rings. The molecular weight excluding hydrogens is 304 g/mol. The van der Waals surface area contributed by atoms with Gasteiger partial charge in [0.15, 0.2) is 0 Å². The highest BCUT2D eigenvalue weighted by Crippen LogP contribution is 2.12. The second kappa shape index (κ2) is 6.50. The van der Waals surface area contributed by atoms with E-state index in [-0.39, 0.29) is 5.56 Å². The number of nitrogens with one attached hydrogen (secondary N) is 1. The van der Waals surface area contributed by atoms with Crippen LogP contribution in [-0.4, -0.2) is 11.6 Å². The third-order valence-corrected chi connectivity index (χ3v) is 3.68. The highest BCUT2D eigenvalue weighted by molar-refractivity contribution is 6.01. The smallest absolute Gasteiger partial charge is 0.349 e. The SMILES string of the molecule is C/C(=N/NC(=O)c1cc2ccccc2oc1=O)c1ccc(C)cc1. The first-order valence-corrected chi connectivity index (χ1v) is 7.49. The van der Waals surface area contributed by atoms with Crippen LogP contribution in [0.25, 0.3) is 11.0 Å². The predicted octanol–water partition coefficient (Wildman–Crippen LogP) is 3.26. The monoisotopic (exact) mass is 320 g/mol. The van der Waals surface area contributed by atoms with Crippen molar-refractivity contribution in [1.29, 1.82) is 0 Å². The van der Waals surface area contributed by atoms with Crippen molar-refractivity contribution < 1.29 is 9.21 Å². The molecule has 3 rings (SSSR count). The Labute approximate surface area is 138 Å². The van der Waals surface area contributed by atoms with E-state index in [0.29, 0.717) is 16.7 Å². The molecule has 24 heavy (non-hydrogen) atoms. The molecule has 1 aromatic heterocycles. The summed E-state index contributed by atoms with van der Waals surface area (Å²) in [4.78, 5) is 24.2. The molecule has 1 amide bonds. The third-order valence-electron chi connectivity index (χ3n) is 3.68. The van der Waals surface area contributed by atoms with Gasteiger partial charge in [0.25, 0.3) is 5.91 Å². The van der Waals surface area contributed by atoms with Gasteiger partial charge in [0, 0.05) is 5.39 Å². The minimum atomic E-state index is -0.686. The number of hydrazone groups is 1. The van der Waals surface area contributed by atoms with Gasteiger partial charge in [-0.2, -0.15) is 5.10 Å². The number of carbonyl (C=O) groups is 1. The molecule has 2 aromatic carbocycles. The van der Waals surface area contributed by atoms with Gasteiger partial charge in [0.05, 0.1) is 5.71 Å². The quantitative estimate of drug-likeness (QED) is 0.457. The van der Waals surface area contributed by atoms with Crippen LogP contribution >= 0.6 is 0 Å². The molecule has 1 N–H and O–H groups in total. The minimum Gasteiger partial charge on any atom is -0.422 e. The molecule has 5 nitrogen and oxygen atoms in total. The molecule has 120 valence electrons. The van der Waals surface area contributed by atoms with E-state index in [1.54, 1.807) is 25.1 Å². The maximum atomic E-state index is 12.2. The lowest BCUT2D eigenvalue weighted by Gasteiger charge is -2.04. The standard InChI is InChI=1S/C19H16N2O3/c1-12-7-9-14(10-8-12)13(2)20-21-18(22)16-11-15-5-3-4-6-17(15)24-19(16)23/h3-11H,1-2H3,(H,21,22)/b20-13-. The highest BCUT2D eigenvalue weighted by atomic mass is 16.4. The van der Waals surface area contributed by atoms with E-state index in [2.05, 4.69) is 10.5 Å². The second-order valence-electron chi connectivity index (χ2n) is 5.49. The fourth-order valence-electron chi connectivity index (χ4n) is 2.27. The Morgan fingerprint density at radius 3 is 2.54 bits per heavy atom. The van der Waals surface area contributed by atoms with Gasteiger partial charge in [-0.1, -0.05) is 48.0 Å². The van der Waals surface area contributed by atoms with Gasteiger partial charge in [-0.3, -0.25) is 4.79 Å². The first kappa shape index (κ1) is 15.7. The number of rotatable bonds is 3. The van der Waals surface area contributed by atoms with Crippen LogP contribution in [0.3, 0.4) is 0 Å². The Morgan fingerprint density at radius 1 is 1.08 bits per heavy atom. The third kappa shape index (κ3) is 3.25. The van der Waals surface area contributed by atoms with Gasteiger partial charge < -0.3 is 4.42 Å². The van der Waals surface area contributed by atoms with Crippen LogP contribution in [-0.2, 0) is 0 Å². The number of aryl methyl sites for hydroxylation is 1. The lowest BCUT2D eigenvalue weighted by atomic mass is 10.1. The van der Waals surface area contributed by atoms with Crippen molar-refractivity contribution >= 4 is 22.6 Å². The van der Waals surface area contributed by atoms with E-state index in [0.717, 1.165) is 11.1 Å². The van der Waals surface area contributed by atoms with Crippen LogP contribution in [0.15, 0.2) is 68.9 Å². The highest BCUT2D eigenvalue weighted by Gasteiger charge is 2.13. The second-order valence-corrected chi connectivity index (χ2v) is 5.49. The number of para-hydroxylation sites is 1. The van der Waals surface area contributed by atoms with E-state index in [1.807, 2.05) is 37.3 Å². The molecule has 3 aromatic rings. The average Bonchev–Trinajstić information content (AvgIpc) is 2.59. The zero-order chi connectivity index (χ0) is 17.1. The number of fused-ring (bicyclic) bond motifs is 1. The number of amides is 1. The normalized spacial score (nSPS) is 11.5. The molecule has 0 unspecified atom stereocenters. The lowest BCUT2D eigenvalue weighted by molar-refractivity contribution is 0.0951. The van der Waals surface area contributed by atoms with Crippen molar-refractivity contribution in [3.05, 3.63) is 81.7 Å². The summed E-state index contributed by atoms with van der Waals surface area (Å²) < 4.78 is 5.15. The summed E-state index contributed by atoms with van der Waals surface area (Å²) in [5, 5.41) is 4.74. The van der Waals surface area contributed by atoms with Crippen molar-refractivity contribution in [2.75, 3.05) is 0 Å². The van der Waals surface area contributed by atoms with Gasteiger partial charge in [-0.05, 0) is 31.5 Å². The molecule has 0 aliphatic heterocycles. The predicted molar refractivity (Wildman–Crippen MR) is 93.3 cm³/mol. The molecular formula is C19H16N2O3. The van der Waals surface area contributed by atoms with Crippen molar-refractivity contribution in [1.82, 2.24) is 5.43 Å². The Bertz CT molecular complexity index is 985. The van der Waals surface area contributed by atoms with Crippen LogP contribution in [0.1, 0.15) is 28.4 Å². The molecule has 5 heteroatoms. The lowest BCUT2D eigenvalue weighted by Crippen LogP contribution is -2.25. The van der Waals surface area contributed by atoms with Crippen LogP contribution in [0.5, 0.6) is 0 Å². The molecule has 0 atom stereocenters. The van der Waals surface area contributed by atoms with Crippen molar-refractivity contribution in [2.24, 2.45) is 5.10 Å². The Hall–Kier alpha value is -3.21. The van der Waals surface area contributed by atoms with E-state index in [1.165, 1.54) is 6.07 Å². The van der Waals surface area contributed by atoms with Crippen LogP contribution in [0.4, 0.5) is 0 Å². The van der Waals surface area contributed by atoms with Crippen LogP contribution in [0, 0.1) is 6.92 Å². The van der Waals surface area contributed by atoms with E-state index in [9.17, 15) is 9.59 Å². The number of benzene rings is 2. The van der Waals surface area contributed by atoms with Crippen molar-refractivity contribution in [3.8, 4) is 0 Å². The summed E-state index contributed by atoms with van der Waals surface area (Å²) >= 11 is 0. The molecule has 0 spiro atoms. The van der Waals surface area contributed by atoms with E-state index < -0.39 is 11.5 Å². The summed E-state index contributed by atoms with van der Waals surface area (Å²) in [5.41, 5.74) is 4.77. The van der Waals surface area contributed by atoms with Gasteiger partial charge in [-0.15, -0.1) is 0 Å². The summed E-state index contributed by atoms with van der Waals surface area (Å²) in [6.07, 6.45) is 0. The molecule has 0 bridgehead atoms. The summed E-state index contributed by atoms with van der Waals surface area (Å²) in [5.74, 6) is -0.596. The number of hydrogen-bond acceptors (Lipinski definition) is 4. The van der Waals surface area contributed by atoms with Crippen LogP contribution < -0.4 is 11.1 Å². The summed E-state index contributed by atoms with van der Waals surface area (Å²) in [6, 6.07) is 16.3. The number of nitrogens with zero attached hydrogens (tertiary/aromatic N) is 1. The fraction of sp³-hybridized carbons (Fsp3) is 0.105. The van der Waals surface area contributed by atoms with Crippen molar-refractivity contribution in [3.63, 3.8) is 0 Å². The molecule has 0 aliphatic carbocycles. The summed E-state index contributed by atoms with van der Waals surface area (Å²) in [7, 11) is 0. The summed E-state index contributed by atoms with van der Waals surface area (Å²) in [6.45, 7) is 3.78. The zero-order valence-electron chi connectivity index (χ0n) is 13.4. The average molecular weight is 320 g/mol. The van der Waals surface area contributed by atoms with E-state index >= 15 is 0 Å². The largest absolute Gasteiger partial charge is 0.422 e. The van der Waals surface area contributed by atoms with Crippen LogP contribution in [0.2, 0.25) is 0 Å². The number of carbonyl (C=O) groups excluding carboxylic acids is 1. The van der Waals surface area contributed by atoms with Gasteiger partial charge in [0.1, 0.15) is 11.1 Å². The zero-order valence-corrected chi connectivity index (χ0v) is 13.4. The van der Waals surface area contributed by atoms with E-state index in [4.69, 9.17) is 4.42 Å². The molecule has 0 radical (unpaired) electrons. The van der Waals surface area contributed by atoms with Gasteiger partial charge >= 0.3 is 5.63 Å². The first-order valence-electron chi connectivity index (χ1n) is 7.49. The Balaban J connectivity index is 1.84. The van der Waals surface area contributed by atoms with Gasteiger partial charge in [-0.25, -0.2) is 10.2 Å². The topological polar surface area (TPSA) is 71.7 Å². The fourth-order valence-corrected chi connectivity index (χ4v) is 2.27.